The van der Waals surface area contributed by atoms with Crippen LogP contribution >= 0.6 is 0 Å². The molecule has 1 fully saturated rings. The molecule has 0 spiro atoms. The Morgan fingerprint density at radius 1 is 1.08 bits per heavy atom. The molecular weight excluding hydrogens is 466 g/mol. The number of morpholine rings is 1. The molecule has 0 aliphatic carbocycles. The number of halogens is 2. The maximum atomic E-state index is 14.9. The van der Waals surface area contributed by atoms with Crippen molar-refractivity contribution in [3.05, 3.63) is 65.9 Å². The van der Waals surface area contributed by atoms with Gasteiger partial charge in [0.25, 0.3) is 5.91 Å². The quantitative estimate of drug-likeness (QED) is 0.448. The van der Waals surface area contributed by atoms with Crippen LogP contribution in [0.4, 0.5) is 20.2 Å². The smallest absolute Gasteiger partial charge is 0.279 e. The zero-order valence-electron chi connectivity index (χ0n) is 20.7. The normalized spacial score (nSPS) is 14.4. The molecule has 1 aliphatic heterocycles. The number of aromatic nitrogens is 4. The Morgan fingerprint density at radius 3 is 2.53 bits per heavy atom. The molecule has 1 saturated heterocycles. The van der Waals surface area contributed by atoms with Crippen molar-refractivity contribution >= 4 is 22.9 Å². The number of fused-ring (bicyclic) bond motifs is 1. The average molecular weight is 495 g/mol. The largest absolute Gasteiger partial charge is 0.378 e. The highest BCUT2D eigenvalue weighted by Gasteiger charge is 2.24. The van der Waals surface area contributed by atoms with Crippen LogP contribution in [-0.2, 0) is 10.3 Å². The van der Waals surface area contributed by atoms with Gasteiger partial charge in [0.1, 0.15) is 5.82 Å². The monoisotopic (exact) mass is 494 g/mol. The molecular formula is C26H28F2N6O2. The van der Waals surface area contributed by atoms with Crippen LogP contribution in [0.2, 0.25) is 0 Å². The molecule has 1 aliphatic rings. The molecule has 1 amide bonds. The lowest BCUT2D eigenvalue weighted by atomic mass is 10.00. The van der Waals surface area contributed by atoms with Crippen molar-refractivity contribution in [2.75, 3.05) is 36.5 Å². The highest BCUT2D eigenvalue weighted by molar-refractivity contribution is 6.03. The van der Waals surface area contributed by atoms with E-state index >= 15 is 0 Å². The minimum atomic E-state index is -0.816. The van der Waals surface area contributed by atoms with Crippen LogP contribution in [0.1, 0.15) is 36.8 Å². The first-order valence-electron chi connectivity index (χ1n) is 11.8. The van der Waals surface area contributed by atoms with Gasteiger partial charge in [0, 0.05) is 37.2 Å². The van der Waals surface area contributed by atoms with E-state index in [2.05, 4.69) is 20.3 Å². The van der Waals surface area contributed by atoms with Crippen LogP contribution in [0.25, 0.3) is 16.8 Å². The second-order valence-electron chi connectivity index (χ2n) is 9.91. The van der Waals surface area contributed by atoms with Gasteiger partial charge in [0.05, 0.1) is 36.3 Å². The lowest BCUT2D eigenvalue weighted by Crippen LogP contribution is -2.36. The maximum absolute atomic E-state index is 14.9. The molecule has 0 atom stereocenters. The van der Waals surface area contributed by atoms with E-state index in [1.54, 1.807) is 19.2 Å². The lowest BCUT2D eigenvalue weighted by Gasteiger charge is -2.29. The highest BCUT2D eigenvalue weighted by Crippen LogP contribution is 2.33. The van der Waals surface area contributed by atoms with Crippen LogP contribution in [-0.4, -0.2) is 51.4 Å². The molecule has 0 saturated carbocycles. The number of hydrogen-bond donors (Lipinski definition) is 1. The molecule has 5 rings (SSSR count). The maximum Gasteiger partial charge on any atom is 0.279 e. The first-order chi connectivity index (χ1) is 17.1. The van der Waals surface area contributed by atoms with Crippen LogP contribution in [0.5, 0.6) is 0 Å². The predicted molar refractivity (Wildman–Crippen MR) is 133 cm³/mol. The van der Waals surface area contributed by atoms with Gasteiger partial charge in [-0.3, -0.25) is 9.48 Å². The van der Waals surface area contributed by atoms with Crippen LogP contribution in [0.15, 0.2) is 43.0 Å². The molecule has 0 bridgehead atoms. The third kappa shape index (κ3) is 4.44. The lowest BCUT2D eigenvalue weighted by molar-refractivity contribution is 0.101. The fourth-order valence-corrected chi connectivity index (χ4v) is 4.31. The molecule has 188 valence electrons. The summed E-state index contributed by atoms with van der Waals surface area (Å²) in [6.45, 7) is 10.1. The zero-order valence-corrected chi connectivity index (χ0v) is 20.7. The van der Waals surface area contributed by atoms with E-state index in [0.717, 1.165) is 35.6 Å². The van der Waals surface area contributed by atoms with Crippen molar-refractivity contribution in [1.82, 2.24) is 19.2 Å². The number of rotatable bonds is 4. The van der Waals surface area contributed by atoms with E-state index < -0.39 is 23.1 Å². The number of ether oxygens (including phenoxy) is 1. The van der Waals surface area contributed by atoms with Crippen molar-refractivity contribution < 1.29 is 18.3 Å². The molecule has 3 aromatic heterocycles. The number of benzene rings is 1. The van der Waals surface area contributed by atoms with Crippen molar-refractivity contribution in [2.45, 2.75) is 33.2 Å². The summed E-state index contributed by atoms with van der Waals surface area (Å²) in [5, 5.41) is 6.58. The standard InChI is InChI=1S/C26H28F2N6O2/c1-16-11-19(27)21(30-25(35)23-20(28)15-34(31-23)26(2,3)4)13-18(16)17-12-22(32-7-9-36-10-8-32)24-29-5-6-33(24)14-17/h5-6,11-15H,7-10H2,1-4H3,(H,30,35). The summed E-state index contributed by atoms with van der Waals surface area (Å²) in [6.07, 6.45) is 6.68. The van der Waals surface area contributed by atoms with Gasteiger partial charge < -0.3 is 19.4 Å². The molecule has 10 heteroatoms. The van der Waals surface area contributed by atoms with Gasteiger partial charge in [-0.2, -0.15) is 5.10 Å². The predicted octanol–water partition coefficient (Wildman–Crippen LogP) is 4.63. The number of aryl methyl sites for hydroxylation is 1. The number of carbonyl (C=O) groups excluding carboxylic acids is 1. The summed E-state index contributed by atoms with van der Waals surface area (Å²) in [4.78, 5) is 19.6. The Kier molecular flexibility index (Phi) is 5.99. The number of nitrogens with one attached hydrogen (secondary N) is 1. The van der Waals surface area contributed by atoms with E-state index in [1.165, 1.54) is 16.9 Å². The Bertz CT molecular complexity index is 1450. The number of imidazole rings is 1. The first kappa shape index (κ1) is 23.9. The second-order valence-corrected chi connectivity index (χ2v) is 9.91. The number of hydrogen-bond acceptors (Lipinski definition) is 5. The summed E-state index contributed by atoms with van der Waals surface area (Å²) >= 11 is 0. The van der Waals surface area contributed by atoms with Gasteiger partial charge in [-0.05, 0) is 57.0 Å². The minimum absolute atomic E-state index is 0.0519. The second kappa shape index (κ2) is 9.02. The number of carbonyl (C=O) groups is 1. The van der Waals surface area contributed by atoms with Crippen molar-refractivity contribution in [3.63, 3.8) is 0 Å². The van der Waals surface area contributed by atoms with Gasteiger partial charge in [-0.25, -0.2) is 13.8 Å². The van der Waals surface area contributed by atoms with Crippen LogP contribution in [0, 0.1) is 18.6 Å². The van der Waals surface area contributed by atoms with Gasteiger partial charge >= 0.3 is 0 Å². The van der Waals surface area contributed by atoms with Crippen LogP contribution < -0.4 is 10.2 Å². The molecule has 0 unspecified atom stereocenters. The van der Waals surface area contributed by atoms with Crippen LogP contribution in [0.3, 0.4) is 0 Å². The molecule has 1 N–H and O–H groups in total. The Morgan fingerprint density at radius 2 is 1.83 bits per heavy atom. The van der Waals surface area contributed by atoms with Crippen molar-refractivity contribution in [3.8, 4) is 11.1 Å². The Labute approximate surface area is 207 Å². The molecule has 36 heavy (non-hydrogen) atoms. The summed E-state index contributed by atoms with van der Waals surface area (Å²) in [7, 11) is 0. The topological polar surface area (TPSA) is 76.7 Å². The molecule has 4 aromatic rings. The summed E-state index contributed by atoms with van der Waals surface area (Å²) in [6, 6.07) is 4.95. The van der Waals surface area contributed by atoms with E-state index in [0.29, 0.717) is 18.8 Å². The fourth-order valence-electron chi connectivity index (χ4n) is 4.31. The molecule has 0 radical (unpaired) electrons. The third-order valence-corrected chi connectivity index (χ3v) is 6.27. The van der Waals surface area contributed by atoms with Crippen molar-refractivity contribution in [1.29, 1.82) is 0 Å². The third-order valence-electron chi connectivity index (χ3n) is 6.27. The van der Waals surface area contributed by atoms with E-state index in [-0.39, 0.29) is 11.4 Å². The molecule has 8 nitrogen and oxygen atoms in total. The van der Waals surface area contributed by atoms with Gasteiger partial charge in [0.2, 0.25) is 0 Å². The van der Waals surface area contributed by atoms with Gasteiger partial charge in [-0.15, -0.1) is 0 Å². The number of anilines is 2. The number of amides is 1. The van der Waals surface area contributed by atoms with Gasteiger partial charge in [-0.1, -0.05) is 0 Å². The fraction of sp³-hybridized carbons (Fsp3) is 0.346. The van der Waals surface area contributed by atoms with E-state index in [4.69, 9.17) is 4.74 Å². The van der Waals surface area contributed by atoms with E-state index in [9.17, 15) is 13.6 Å². The van der Waals surface area contributed by atoms with Gasteiger partial charge in [0.15, 0.2) is 17.2 Å². The van der Waals surface area contributed by atoms with Crippen molar-refractivity contribution in [2.24, 2.45) is 0 Å². The molecule has 4 heterocycles. The highest BCUT2D eigenvalue weighted by atomic mass is 19.1. The zero-order chi connectivity index (χ0) is 25.6. The average Bonchev–Trinajstić information content (AvgIpc) is 3.47. The SMILES string of the molecule is Cc1cc(F)c(NC(=O)c2nn(C(C)(C)C)cc2F)cc1-c1cc(N2CCOCC2)c2nccn2c1. The van der Waals surface area contributed by atoms with E-state index in [1.807, 2.05) is 43.6 Å². The Balaban J connectivity index is 1.52. The number of pyridine rings is 1. The summed E-state index contributed by atoms with van der Waals surface area (Å²) in [5.74, 6) is -2.20. The minimum Gasteiger partial charge on any atom is -0.378 e. The summed E-state index contributed by atoms with van der Waals surface area (Å²) in [5.41, 5.74) is 3.08. The summed E-state index contributed by atoms with van der Waals surface area (Å²) < 4.78 is 38.2. The Hall–Kier alpha value is -3.79. The number of nitrogens with zero attached hydrogens (tertiary/aromatic N) is 5. The first-order valence-corrected chi connectivity index (χ1v) is 11.8. The molecule has 1 aromatic carbocycles.